The summed E-state index contributed by atoms with van der Waals surface area (Å²) >= 11 is 9.29. The molecule has 0 aromatic heterocycles. The molecule has 2 rings (SSSR count). The zero-order chi connectivity index (χ0) is 15.1. The standard InChI is InChI=1S/C16H16BrClO3/c1-2-19-15-5-3-4-6-16(15)21-10-9-20-14-8-7-12(18)11-13(14)17/h3-8,11H,2,9-10H2,1H3. The third-order valence-corrected chi connectivity index (χ3v) is 3.50. The van der Waals surface area contributed by atoms with Gasteiger partial charge in [-0.2, -0.15) is 0 Å². The maximum absolute atomic E-state index is 5.88. The van der Waals surface area contributed by atoms with Gasteiger partial charge in [-0.25, -0.2) is 0 Å². The second-order valence-corrected chi connectivity index (χ2v) is 5.44. The van der Waals surface area contributed by atoms with Crippen LogP contribution in [0.5, 0.6) is 17.2 Å². The maximum Gasteiger partial charge on any atom is 0.161 e. The van der Waals surface area contributed by atoms with Gasteiger partial charge < -0.3 is 14.2 Å². The van der Waals surface area contributed by atoms with Crippen molar-refractivity contribution < 1.29 is 14.2 Å². The maximum atomic E-state index is 5.88. The summed E-state index contributed by atoms with van der Waals surface area (Å²) in [6.45, 7) is 3.41. The van der Waals surface area contributed by atoms with Crippen molar-refractivity contribution in [3.63, 3.8) is 0 Å². The van der Waals surface area contributed by atoms with Gasteiger partial charge in [0.2, 0.25) is 0 Å². The smallest absolute Gasteiger partial charge is 0.161 e. The molecule has 0 N–H and O–H groups in total. The first kappa shape index (κ1) is 16.0. The second kappa shape index (κ2) is 8.15. The molecule has 0 heterocycles. The highest BCUT2D eigenvalue weighted by atomic mass is 79.9. The fourth-order valence-corrected chi connectivity index (χ4v) is 2.54. The summed E-state index contributed by atoms with van der Waals surface area (Å²) in [5, 5.41) is 0.663. The number of rotatable bonds is 7. The van der Waals surface area contributed by atoms with Gasteiger partial charge in [0.25, 0.3) is 0 Å². The lowest BCUT2D eigenvalue weighted by Crippen LogP contribution is -2.10. The van der Waals surface area contributed by atoms with Crippen molar-refractivity contribution in [3.8, 4) is 17.2 Å². The molecule has 0 fully saturated rings. The van der Waals surface area contributed by atoms with Crippen LogP contribution in [0.25, 0.3) is 0 Å². The van der Waals surface area contributed by atoms with Crippen LogP contribution in [0.1, 0.15) is 6.92 Å². The molecule has 0 bridgehead atoms. The van der Waals surface area contributed by atoms with Crippen LogP contribution in [-0.2, 0) is 0 Å². The molecule has 0 aliphatic rings. The largest absolute Gasteiger partial charge is 0.490 e. The van der Waals surface area contributed by atoms with Crippen LogP contribution in [0, 0.1) is 0 Å². The van der Waals surface area contributed by atoms with Crippen molar-refractivity contribution in [3.05, 3.63) is 52.0 Å². The van der Waals surface area contributed by atoms with Crippen LogP contribution in [0.3, 0.4) is 0 Å². The molecule has 0 spiro atoms. The molecule has 0 unspecified atom stereocenters. The Kier molecular flexibility index (Phi) is 6.21. The molecule has 5 heteroatoms. The quantitative estimate of drug-likeness (QED) is 0.644. The van der Waals surface area contributed by atoms with Gasteiger partial charge in [0.05, 0.1) is 11.1 Å². The van der Waals surface area contributed by atoms with Crippen LogP contribution in [0.4, 0.5) is 0 Å². The number of ether oxygens (including phenoxy) is 3. The summed E-state index contributed by atoms with van der Waals surface area (Å²) in [5.74, 6) is 2.20. The van der Waals surface area contributed by atoms with Crippen LogP contribution in [0.15, 0.2) is 46.9 Å². The fourth-order valence-electron chi connectivity index (χ4n) is 1.74. The van der Waals surface area contributed by atoms with E-state index in [1.165, 1.54) is 0 Å². The number of para-hydroxylation sites is 2. The molecule has 21 heavy (non-hydrogen) atoms. The molecule has 112 valence electrons. The first-order valence-corrected chi connectivity index (χ1v) is 7.80. The minimum Gasteiger partial charge on any atom is -0.490 e. The number of hydrogen-bond acceptors (Lipinski definition) is 3. The molecule has 0 aliphatic carbocycles. The van der Waals surface area contributed by atoms with Gasteiger partial charge in [-0.05, 0) is 53.2 Å². The van der Waals surface area contributed by atoms with Crippen LogP contribution in [-0.4, -0.2) is 19.8 Å². The highest BCUT2D eigenvalue weighted by Crippen LogP contribution is 2.28. The van der Waals surface area contributed by atoms with Crippen molar-refractivity contribution in [1.29, 1.82) is 0 Å². The van der Waals surface area contributed by atoms with Crippen molar-refractivity contribution in [2.24, 2.45) is 0 Å². The van der Waals surface area contributed by atoms with Crippen LogP contribution < -0.4 is 14.2 Å². The third kappa shape index (κ3) is 4.83. The fraction of sp³-hybridized carbons (Fsp3) is 0.250. The molecule has 2 aromatic rings. The van der Waals surface area contributed by atoms with E-state index in [-0.39, 0.29) is 0 Å². The minimum atomic E-state index is 0.430. The van der Waals surface area contributed by atoms with Crippen molar-refractivity contribution in [2.75, 3.05) is 19.8 Å². The molecular formula is C16H16BrClO3. The molecule has 0 atom stereocenters. The molecule has 3 nitrogen and oxygen atoms in total. The van der Waals surface area contributed by atoms with E-state index in [1.54, 1.807) is 12.1 Å². The van der Waals surface area contributed by atoms with E-state index in [1.807, 2.05) is 37.3 Å². The predicted octanol–water partition coefficient (Wildman–Crippen LogP) is 4.96. The first-order valence-electron chi connectivity index (χ1n) is 6.63. The van der Waals surface area contributed by atoms with Gasteiger partial charge in [0, 0.05) is 5.02 Å². The van der Waals surface area contributed by atoms with E-state index < -0.39 is 0 Å². The summed E-state index contributed by atoms with van der Waals surface area (Å²) in [4.78, 5) is 0. The Morgan fingerprint density at radius 3 is 2.14 bits per heavy atom. The summed E-state index contributed by atoms with van der Waals surface area (Å²) < 4.78 is 17.6. The van der Waals surface area contributed by atoms with E-state index in [0.717, 1.165) is 21.7 Å². The molecule has 0 radical (unpaired) electrons. The predicted molar refractivity (Wildman–Crippen MR) is 87.8 cm³/mol. The van der Waals surface area contributed by atoms with E-state index in [4.69, 9.17) is 25.8 Å². The lowest BCUT2D eigenvalue weighted by Gasteiger charge is -2.12. The summed E-state index contributed by atoms with van der Waals surface area (Å²) in [6, 6.07) is 13.0. The van der Waals surface area contributed by atoms with Gasteiger partial charge in [0.1, 0.15) is 19.0 Å². The topological polar surface area (TPSA) is 27.7 Å². The molecule has 0 saturated carbocycles. The Morgan fingerprint density at radius 1 is 0.905 bits per heavy atom. The second-order valence-electron chi connectivity index (χ2n) is 4.15. The number of halogens is 2. The molecule has 0 aliphatic heterocycles. The van der Waals surface area contributed by atoms with Crippen LogP contribution in [0.2, 0.25) is 5.02 Å². The monoisotopic (exact) mass is 370 g/mol. The summed E-state index contributed by atoms with van der Waals surface area (Å²) in [5.41, 5.74) is 0. The zero-order valence-electron chi connectivity index (χ0n) is 11.6. The van der Waals surface area contributed by atoms with Gasteiger partial charge in [-0.3, -0.25) is 0 Å². The zero-order valence-corrected chi connectivity index (χ0v) is 14.0. The van der Waals surface area contributed by atoms with E-state index in [0.29, 0.717) is 24.8 Å². The SMILES string of the molecule is CCOc1ccccc1OCCOc1ccc(Cl)cc1Br. The lowest BCUT2D eigenvalue weighted by molar-refractivity contribution is 0.207. The number of benzene rings is 2. The highest BCUT2D eigenvalue weighted by molar-refractivity contribution is 9.10. The molecule has 2 aromatic carbocycles. The normalized spacial score (nSPS) is 10.2. The Hall–Kier alpha value is -1.39. The number of hydrogen-bond donors (Lipinski definition) is 0. The Bertz CT molecular complexity index is 589. The molecular weight excluding hydrogens is 356 g/mol. The van der Waals surface area contributed by atoms with Gasteiger partial charge in [0.15, 0.2) is 11.5 Å². The first-order chi connectivity index (χ1) is 10.2. The van der Waals surface area contributed by atoms with Crippen molar-refractivity contribution >= 4 is 27.5 Å². The van der Waals surface area contributed by atoms with E-state index >= 15 is 0 Å². The summed E-state index contributed by atoms with van der Waals surface area (Å²) in [6.07, 6.45) is 0. The van der Waals surface area contributed by atoms with Crippen LogP contribution >= 0.6 is 27.5 Å². The van der Waals surface area contributed by atoms with Crippen molar-refractivity contribution in [2.45, 2.75) is 6.92 Å². The van der Waals surface area contributed by atoms with Gasteiger partial charge in [-0.15, -0.1) is 0 Å². The highest BCUT2D eigenvalue weighted by Gasteiger charge is 2.05. The third-order valence-electron chi connectivity index (χ3n) is 2.64. The van der Waals surface area contributed by atoms with Gasteiger partial charge in [-0.1, -0.05) is 23.7 Å². The Balaban J connectivity index is 1.84. The average molecular weight is 372 g/mol. The molecule has 0 amide bonds. The lowest BCUT2D eigenvalue weighted by atomic mass is 10.3. The average Bonchev–Trinajstić information content (AvgIpc) is 2.47. The minimum absolute atomic E-state index is 0.430. The van der Waals surface area contributed by atoms with E-state index in [9.17, 15) is 0 Å². The molecule has 0 saturated heterocycles. The van der Waals surface area contributed by atoms with E-state index in [2.05, 4.69) is 15.9 Å². The van der Waals surface area contributed by atoms with Gasteiger partial charge >= 0.3 is 0 Å². The van der Waals surface area contributed by atoms with Crippen molar-refractivity contribution in [1.82, 2.24) is 0 Å². The Labute approximate surface area is 137 Å². The Morgan fingerprint density at radius 2 is 1.52 bits per heavy atom. The summed E-state index contributed by atoms with van der Waals surface area (Å²) in [7, 11) is 0.